The lowest BCUT2D eigenvalue weighted by atomic mass is 9.88. The second-order valence-electron chi connectivity index (χ2n) is 3.63. The molecule has 1 aliphatic heterocycles. The molecule has 4 unspecified atom stereocenters. The summed E-state index contributed by atoms with van der Waals surface area (Å²) >= 11 is 4.56. The number of halogens is 2. The Morgan fingerprint density at radius 3 is 2.64 bits per heavy atom. The van der Waals surface area contributed by atoms with Crippen LogP contribution in [0.4, 0.5) is 0 Å². The molecular weight excluding hydrogens is 410 g/mol. The van der Waals surface area contributed by atoms with Gasteiger partial charge in [-0.3, -0.25) is 4.79 Å². The summed E-state index contributed by atoms with van der Waals surface area (Å²) in [5.74, 6) is -0.811. The van der Waals surface area contributed by atoms with Gasteiger partial charge in [0.1, 0.15) is 0 Å². The van der Waals surface area contributed by atoms with Crippen molar-refractivity contribution in [3.63, 3.8) is 0 Å². The zero-order chi connectivity index (χ0) is 10.7. The zero-order valence-electron chi connectivity index (χ0n) is 7.95. The monoisotopic (exact) mass is 424 g/mol. The van der Waals surface area contributed by atoms with Crippen molar-refractivity contribution < 1.29 is 14.6 Å². The number of hydrogen-bond donors (Lipinski definition) is 1. The van der Waals surface area contributed by atoms with Crippen LogP contribution in [0.15, 0.2) is 0 Å². The molecule has 4 atom stereocenters. The number of aliphatic carboxylic acids is 1. The summed E-state index contributed by atoms with van der Waals surface area (Å²) in [6.07, 6.45) is 1.27. The summed E-state index contributed by atoms with van der Waals surface area (Å²) in [6, 6.07) is 0. The predicted octanol–water partition coefficient (Wildman–Crippen LogP) is 2.35. The molecule has 0 aliphatic carbocycles. The molecule has 1 fully saturated rings. The first kappa shape index (κ1) is 13.0. The highest BCUT2D eigenvalue weighted by molar-refractivity contribution is 14.1. The molecule has 5 heteroatoms. The summed E-state index contributed by atoms with van der Waals surface area (Å²) in [5, 5.41) is 8.95. The average molecular weight is 424 g/mol. The predicted molar refractivity (Wildman–Crippen MR) is 71.3 cm³/mol. The molecule has 0 spiro atoms. The van der Waals surface area contributed by atoms with Gasteiger partial charge >= 0.3 is 5.97 Å². The molecule has 0 saturated carbocycles. The van der Waals surface area contributed by atoms with Crippen LogP contribution < -0.4 is 0 Å². The van der Waals surface area contributed by atoms with Crippen LogP contribution >= 0.6 is 45.2 Å². The molecule has 14 heavy (non-hydrogen) atoms. The fourth-order valence-electron chi connectivity index (χ4n) is 1.82. The van der Waals surface area contributed by atoms with E-state index >= 15 is 0 Å². The van der Waals surface area contributed by atoms with Crippen molar-refractivity contribution in [2.75, 3.05) is 8.86 Å². The number of ether oxygens (including phenoxy) is 1. The Morgan fingerprint density at radius 2 is 2.21 bits per heavy atom. The molecule has 0 aromatic rings. The number of alkyl halides is 2. The number of carboxylic acid groups (broad SMARTS) is 1. The molecule has 0 aromatic carbocycles. The first-order valence-corrected chi connectivity index (χ1v) is 7.65. The van der Waals surface area contributed by atoms with Gasteiger partial charge in [0.15, 0.2) is 0 Å². The number of hydrogen-bond acceptors (Lipinski definition) is 2. The average Bonchev–Trinajstić information content (AvgIpc) is 2.59. The van der Waals surface area contributed by atoms with E-state index in [1.165, 1.54) is 0 Å². The Labute approximate surface area is 111 Å². The molecule has 1 saturated heterocycles. The SMILES string of the molecule is CC(C(=O)O)C1CC(CI)OC1CI. The zero-order valence-corrected chi connectivity index (χ0v) is 12.3. The largest absolute Gasteiger partial charge is 0.481 e. The molecule has 1 heterocycles. The number of carbonyl (C=O) groups is 1. The van der Waals surface area contributed by atoms with Crippen LogP contribution in [0.3, 0.4) is 0 Å². The van der Waals surface area contributed by atoms with Gasteiger partial charge in [0, 0.05) is 14.8 Å². The molecule has 1 rings (SSSR count). The first-order chi connectivity index (χ1) is 6.60. The van der Waals surface area contributed by atoms with Crippen molar-refractivity contribution in [3.05, 3.63) is 0 Å². The van der Waals surface area contributed by atoms with Gasteiger partial charge in [-0.25, -0.2) is 0 Å². The highest BCUT2D eigenvalue weighted by Crippen LogP contribution is 2.34. The maximum absolute atomic E-state index is 10.9. The summed E-state index contributed by atoms with van der Waals surface area (Å²) in [4.78, 5) is 10.9. The van der Waals surface area contributed by atoms with Gasteiger partial charge in [0.25, 0.3) is 0 Å². The molecule has 1 aliphatic rings. The highest BCUT2D eigenvalue weighted by Gasteiger charge is 2.39. The topological polar surface area (TPSA) is 46.5 Å². The third kappa shape index (κ3) is 2.94. The quantitative estimate of drug-likeness (QED) is 0.557. The van der Waals surface area contributed by atoms with E-state index in [0.29, 0.717) is 0 Å². The van der Waals surface area contributed by atoms with E-state index in [2.05, 4.69) is 45.2 Å². The molecule has 0 aromatic heterocycles. The van der Waals surface area contributed by atoms with Gasteiger partial charge in [0.05, 0.1) is 18.1 Å². The van der Waals surface area contributed by atoms with E-state index in [4.69, 9.17) is 9.84 Å². The van der Waals surface area contributed by atoms with E-state index in [9.17, 15) is 4.79 Å². The standard InChI is InChI=1S/C9H14I2O3/c1-5(9(12)13)7-2-6(3-10)14-8(7)4-11/h5-8H,2-4H2,1H3,(H,12,13). The fraction of sp³-hybridized carbons (Fsp3) is 0.889. The van der Waals surface area contributed by atoms with E-state index < -0.39 is 5.97 Å². The van der Waals surface area contributed by atoms with Crippen LogP contribution in [-0.2, 0) is 9.53 Å². The van der Waals surface area contributed by atoms with Gasteiger partial charge in [0.2, 0.25) is 0 Å². The lowest BCUT2D eigenvalue weighted by Crippen LogP contribution is -2.28. The second-order valence-corrected chi connectivity index (χ2v) is 5.39. The molecule has 1 N–H and O–H groups in total. The lowest BCUT2D eigenvalue weighted by Gasteiger charge is -2.19. The number of carboxylic acids is 1. The molecule has 0 amide bonds. The maximum atomic E-state index is 10.9. The highest BCUT2D eigenvalue weighted by atomic mass is 127. The molecule has 3 nitrogen and oxygen atoms in total. The third-order valence-electron chi connectivity index (χ3n) is 2.74. The van der Waals surface area contributed by atoms with Gasteiger partial charge in [-0.05, 0) is 6.42 Å². The van der Waals surface area contributed by atoms with E-state index in [1.54, 1.807) is 6.92 Å². The normalized spacial score (nSPS) is 34.4. The lowest BCUT2D eigenvalue weighted by molar-refractivity contribution is -0.143. The van der Waals surface area contributed by atoms with Gasteiger partial charge in [-0.1, -0.05) is 52.1 Å². The summed E-state index contributed by atoms with van der Waals surface area (Å²) in [7, 11) is 0. The summed E-state index contributed by atoms with van der Waals surface area (Å²) in [6.45, 7) is 1.78. The third-order valence-corrected chi connectivity index (χ3v) is 4.59. The Morgan fingerprint density at radius 1 is 1.57 bits per heavy atom. The summed E-state index contributed by atoms with van der Waals surface area (Å²) in [5.41, 5.74) is 0. The smallest absolute Gasteiger partial charge is 0.306 e. The Bertz CT molecular complexity index is 210. The van der Waals surface area contributed by atoms with Crippen LogP contribution in [-0.4, -0.2) is 32.1 Å². The van der Waals surface area contributed by atoms with Crippen molar-refractivity contribution in [1.29, 1.82) is 0 Å². The van der Waals surface area contributed by atoms with Crippen molar-refractivity contribution in [1.82, 2.24) is 0 Å². The fourth-order valence-corrected chi connectivity index (χ4v) is 3.25. The van der Waals surface area contributed by atoms with E-state index in [1.807, 2.05) is 0 Å². The molecule has 0 radical (unpaired) electrons. The van der Waals surface area contributed by atoms with Crippen LogP contribution in [0.2, 0.25) is 0 Å². The van der Waals surface area contributed by atoms with Gasteiger partial charge < -0.3 is 9.84 Å². The Balaban J connectivity index is 2.62. The molecule has 82 valence electrons. The van der Waals surface area contributed by atoms with Crippen molar-refractivity contribution in [3.8, 4) is 0 Å². The number of rotatable bonds is 4. The first-order valence-electron chi connectivity index (χ1n) is 4.60. The van der Waals surface area contributed by atoms with Crippen LogP contribution in [0, 0.1) is 11.8 Å². The minimum Gasteiger partial charge on any atom is -0.481 e. The minimum atomic E-state index is -0.706. The van der Waals surface area contributed by atoms with Crippen LogP contribution in [0.1, 0.15) is 13.3 Å². The second kappa shape index (κ2) is 5.83. The van der Waals surface area contributed by atoms with Crippen molar-refractivity contribution in [2.24, 2.45) is 11.8 Å². The van der Waals surface area contributed by atoms with Gasteiger partial charge in [-0.15, -0.1) is 0 Å². The maximum Gasteiger partial charge on any atom is 0.306 e. The minimum absolute atomic E-state index is 0.126. The van der Waals surface area contributed by atoms with Crippen LogP contribution in [0.25, 0.3) is 0 Å². The Kier molecular flexibility index (Phi) is 5.40. The van der Waals surface area contributed by atoms with E-state index in [-0.39, 0.29) is 24.0 Å². The summed E-state index contributed by atoms with van der Waals surface area (Å²) < 4.78 is 7.60. The molecular formula is C9H14I2O3. The van der Waals surface area contributed by atoms with Crippen molar-refractivity contribution >= 4 is 51.2 Å². The van der Waals surface area contributed by atoms with Crippen molar-refractivity contribution in [2.45, 2.75) is 25.6 Å². The van der Waals surface area contributed by atoms with Crippen LogP contribution in [0.5, 0.6) is 0 Å². The van der Waals surface area contributed by atoms with Gasteiger partial charge in [-0.2, -0.15) is 0 Å². The molecule has 0 bridgehead atoms. The van der Waals surface area contributed by atoms with E-state index in [0.717, 1.165) is 15.3 Å². The Hall–Kier alpha value is 0.890.